The third kappa shape index (κ3) is 13.4. The van der Waals surface area contributed by atoms with Gasteiger partial charge in [0, 0.05) is 5.41 Å². The Morgan fingerprint density at radius 3 is 1.37 bits per heavy atom. The summed E-state index contributed by atoms with van der Waals surface area (Å²) in [7, 11) is -10.1. The minimum absolute atomic E-state index is 0. The van der Waals surface area contributed by atoms with Crippen molar-refractivity contribution in [2.45, 2.75) is 19.3 Å². The summed E-state index contributed by atoms with van der Waals surface area (Å²) in [5.74, 6) is 0.722. The zero-order valence-electron chi connectivity index (χ0n) is 22.5. The first-order valence-corrected chi connectivity index (χ1v) is 13.3. The summed E-state index contributed by atoms with van der Waals surface area (Å²) in [5.41, 5.74) is 0.691. The molecule has 0 saturated heterocycles. The molecule has 0 aliphatic carbocycles. The fourth-order valence-corrected chi connectivity index (χ4v) is 3.41. The van der Waals surface area contributed by atoms with Gasteiger partial charge in [-0.1, -0.05) is 38.8 Å². The fourth-order valence-electron chi connectivity index (χ4n) is 3.04. The topological polar surface area (TPSA) is 188 Å². The minimum atomic E-state index is -5.03. The Morgan fingerprint density at radius 1 is 0.683 bits per heavy atom. The van der Waals surface area contributed by atoms with Crippen molar-refractivity contribution in [3.8, 4) is 48.1 Å². The second-order valence-corrected chi connectivity index (χ2v) is 9.59. The van der Waals surface area contributed by atoms with Crippen molar-refractivity contribution in [1.29, 1.82) is 0 Å². The Labute approximate surface area is 262 Å². The van der Waals surface area contributed by atoms with Gasteiger partial charge in [0.15, 0.2) is 23.0 Å². The van der Waals surface area contributed by atoms with E-state index in [1.165, 1.54) is 0 Å². The van der Waals surface area contributed by atoms with Crippen LogP contribution < -0.4 is 56.7 Å². The van der Waals surface area contributed by atoms with Gasteiger partial charge in [0.2, 0.25) is 20.8 Å². The third-order valence-corrected chi connectivity index (χ3v) is 5.31. The van der Waals surface area contributed by atoms with Crippen LogP contribution >= 0.6 is 0 Å². The zero-order chi connectivity index (χ0) is 29.1. The summed E-state index contributed by atoms with van der Waals surface area (Å²) < 4.78 is 91.3. The number of rotatable bonds is 16. The molecule has 0 amide bonds. The second kappa shape index (κ2) is 17.5. The predicted molar refractivity (Wildman–Crippen MR) is 128 cm³/mol. The summed E-state index contributed by atoms with van der Waals surface area (Å²) in [4.78, 5) is 8.57. The number of hydrogen-bond acceptors (Lipinski definition) is 14. The molecule has 0 heterocycles. The van der Waals surface area contributed by atoms with Crippen molar-refractivity contribution >= 4 is 20.8 Å². The largest absolute Gasteiger partial charge is 1.00 e. The van der Waals surface area contributed by atoms with Crippen molar-refractivity contribution in [3.63, 3.8) is 0 Å². The number of ether oxygens (including phenoxy) is 4. The summed E-state index contributed by atoms with van der Waals surface area (Å²) in [6, 6.07) is 9.81. The van der Waals surface area contributed by atoms with Crippen LogP contribution in [-0.2, 0) is 44.7 Å². The van der Waals surface area contributed by atoms with Crippen molar-refractivity contribution in [2.75, 3.05) is 26.4 Å². The van der Waals surface area contributed by atoms with E-state index >= 15 is 0 Å². The smallest absolute Gasteiger partial charge is 0.724 e. The number of hydrogen-bond donors (Lipinski definition) is 0. The van der Waals surface area contributed by atoms with Crippen molar-refractivity contribution in [3.05, 3.63) is 47.5 Å². The van der Waals surface area contributed by atoms with Crippen LogP contribution in [0.4, 0.5) is 0 Å². The normalized spacial score (nSPS) is 11.2. The molecule has 0 unspecified atom stereocenters. The first-order valence-electron chi connectivity index (χ1n) is 10.6. The average Bonchev–Trinajstić information content (AvgIpc) is 2.84. The van der Waals surface area contributed by atoms with Crippen molar-refractivity contribution in [1.82, 2.24) is 0 Å². The van der Waals surface area contributed by atoms with Crippen LogP contribution in [-0.4, -0.2) is 52.4 Å². The van der Waals surface area contributed by atoms with Gasteiger partial charge in [0.05, 0.1) is 0 Å². The molecule has 0 spiro atoms. The maximum Gasteiger partial charge on any atom is 1.00 e. The van der Waals surface area contributed by atoms with Crippen LogP contribution in [0.2, 0.25) is 0 Å². The monoisotopic (exact) mass is 600 g/mol. The van der Waals surface area contributed by atoms with E-state index in [1.807, 2.05) is 26.1 Å². The van der Waals surface area contributed by atoms with E-state index in [9.17, 15) is 25.9 Å². The zero-order valence-corrected chi connectivity index (χ0v) is 24.1. The van der Waals surface area contributed by atoms with Gasteiger partial charge < -0.3 is 28.1 Å². The Balaban J connectivity index is 0.00000800. The van der Waals surface area contributed by atoms with E-state index in [2.05, 4.69) is 18.4 Å². The summed E-state index contributed by atoms with van der Waals surface area (Å²) in [5, 5.41) is 0. The molecule has 0 bridgehead atoms. The summed E-state index contributed by atoms with van der Waals surface area (Å²) in [6.45, 7) is 2.49. The van der Waals surface area contributed by atoms with Crippen LogP contribution in [0.3, 0.4) is 0 Å². The van der Waals surface area contributed by atoms with E-state index in [0.29, 0.717) is 11.1 Å². The predicted octanol–water partition coefficient (Wildman–Crippen LogP) is -4.47. The average molecular weight is 600 g/mol. The molecule has 0 N–H and O–H groups in total. The van der Waals surface area contributed by atoms with Crippen LogP contribution in [0, 0.1) is 25.1 Å². The van der Waals surface area contributed by atoms with E-state index in [4.69, 9.17) is 31.8 Å². The molecule has 0 aliphatic heterocycles. The molecule has 0 radical (unpaired) electrons. The maximum atomic E-state index is 10.4. The second-order valence-electron chi connectivity index (χ2n) is 7.68. The standard InChI is InChI=1S/C23H24O14S2.2Li/c1-5-30-19-9-7-17(15-21(19)32-11-13-34-36-38(24,25)26)23(3,4)18-8-10-20(31-6-2)22(16-18)33-12-14-35-37-39(27,28)29;;/h1-2,7-10,15-16H,11-14H2,3-4H3,(H,24,25,26)(H,27,28,29);;/q;2*+1/p-2. The molecule has 0 fully saturated rings. The maximum absolute atomic E-state index is 10.4. The van der Waals surface area contributed by atoms with Gasteiger partial charge in [0.1, 0.15) is 38.6 Å². The molecule has 2 aromatic carbocycles. The molecule has 0 saturated carbocycles. The molecule has 212 valence electrons. The molecular weight excluding hydrogens is 578 g/mol. The van der Waals surface area contributed by atoms with Crippen molar-refractivity contribution in [2.24, 2.45) is 0 Å². The van der Waals surface area contributed by atoms with E-state index in [-0.39, 0.29) is 73.9 Å². The number of benzene rings is 2. The van der Waals surface area contributed by atoms with E-state index in [0.717, 1.165) is 0 Å². The Morgan fingerprint density at radius 2 is 1.05 bits per heavy atom. The van der Waals surface area contributed by atoms with E-state index < -0.39 is 39.4 Å². The van der Waals surface area contributed by atoms with Gasteiger partial charge in [-0.05, 0) is 35.4 Å². The Bertz CT molecular complexity index is 1320. The Kier molecular flexibility index (Phi) is 16.5. The van der Waals surface area contributed by atoms with Gasteiger partial charge in [-0.25, -0.2) is 26.6 Å². The summed E-state index contributed by atoms with van der Waals surface area (Å²) in [6.07, 6.45) is 14.5. The number of terminal acetylenes is 2. The van der Waals surface area contributed by atoms with Crippen LogP contribution in [0.5, 0.6) is 23.0 Å². The summed E-state index contributed by atoms with van der Waals surface area (Å²) >= 11 is 0. The first-order chi connectivity index (χ1) is 18.3. The molecule has 41 heavy (non-hydrogen) atoms. The fraction of sp³-hybridized carbons (Fsp3) is 0.304. The van der Waals surface area contributed by atoms with Gasteiger partial charge in [0.25, 0.3) is 0 Å². The SMILES string of the molecule is C#COc1ccc(C(C)(C)c2ccc(OC#C)c(OCCOOS(=O)(=O)[O-])c2)cc1OCCOOS(=O)(=O)[O-].[Li+].[Li+]. The van der Waals surface area contributed by atoms with Gasteiger partial charge in [-0.3, -0.25) is 0 Å². The van der Waals surface area contributed by atoms with Gasteiger partial charge in [-0.2, -0.15) is 0 Å². The molecule has 0 aromatic heterocycles. The first kappa shape index (κ1) is 38.6. The van der Waals surface area contributed by atoms with Crippen molar-refractivity contribution < 1.29 is 101 Å². The van der Waals surface area contributed by atoms with E-state index in [1.54, 1.807) is 36.4 Å². The Hall–Kier alpha value is -2.39. The van der Waals surface area contributed by atoms with Gasteiger partial charge >= 0.3 is 37.7 Å². The molecule has 2 aromatic rings. The van der Waals surface area contributed by atoms with Gasteiger partial charge in [-0.15, -0.1) is 8.67 Å². The molecule has 0 atom stereocenters. The molecule has 14 nitrogen and oxygen atoms in total. The third-order valence-electron chi connectivity index (χ3n) is 4.78. The van der Waals surface area contributed by atoms with Crippen LogP contribution in [0.25, 0.3) is 0 Å². The van der Waals surface area contributed by atoms with Crippen LogP contribution in [0.1, 0.15) is 25.0 Å². The minimum Gasteiger partial charge on any atom is -0.724 e. The molecule has 0 aliphatic rings. The molecule has 2 rings (SSSR count). The molecule has 18 heteroatoms. The van der Waals surface area contributed by atoms with Crippen LogP contribution in [0.15, 0.2) is 36.4 Å². The molecular formula is C23H22Li2O14S2. The quantitative estimate of drug-likeness (QED) is 0.0341.